The van der Waals surface area contributed by atoms with Crippen molar-refractivity contribution >= 4 is 28.6 Å². The lowest BCUT2D eigenvalue weighted by Gasteiger charge is -2.18. The van der Waals surface area contributed by atoms with Crippen LogP contribution in [0.5, 0.6) is 0 Å². The summed E-state index contributed by atoms with van der Waals surface area (Å²) in [7, 11) is 0. The lowest BCUT2D eigenvalue weighted by molar-refractivity contribution is -0.120. The molecule has 0 aliphatic carbocycles. The van der Waals surface area contributed by atoms with E-state index in [2.05, 4.69) is 10.3 Å². The molecule has 0 bridgehead atoms. The Morgan fingerprint density at radius 1 is 1.00 bits per heavy atom. The number of halogens is 2. The third-order valence-corrected chi connectivity index (χ3v) is 6.18. The van der Waals surface area contributed by atoms with Crippen LogP contribution in [0.3, 0.4) is 0 Å². The first-order valence-corrected chi connectivity index (χ1v) is 10.6. The fourth-order valence-electron chi connectivity index (χ4n) is 2.95. The van der Waals surface area contributed by atoms with E-state index in [0.717, 1.165) is 10.4 Å². The van der Waals surface area contributed by atoms with Crippen LogP contribution in [0, 0.1) is 11.6 Å². The van der Waals surface area contributed by atoms with Crippen molar-refractivity contribution < 1.29 is 13.6 Å². The summed E-state index contributed by atoms with van der Waals surface area (Å²) in [5, 5.41) is 7.42. The van der Waals surface area contributed by atoms with Crippen LogP contribution in [0.15, 0.2) is 71.4 Å². The molecule has 2 heterocycles. The van der Waals surface area contributed by atoms with Crippen molar-refractivity contribution in [3.63, 3.8) is 0 Å². The number of thiophene rings is 1. The molecule has 1 unspecified atom stereocenters. The molecule has 4 rings (SSSR count). The minimum absolute atomic E-state index is 0.106. The van der Waals surface area contributed by atoms with E-state index in [1.54, 1.807) is 29.6 Å². The number of amides is 1. The van der Waals surface area contributed by atoms with Gasteiger partial charge in [-0.3, -0.25) is 4.79 Å². The molecule has 0 aliphatic rings. The van der Waals surface area contributed by atoms with Gasteiger partial charge in [-0.05, 0) is 41.3 Å². The van der Waals surface area contributed by atoms with Crippen LogP contribution in [0.1, 0.15) is 22.2 Å². The molecule has 1 N–H and O–H groups in total. The predicted molar refractivity (Wildman–Crippen MR) is 112 cm³/mol. The molecule has 4 aromatic rings. The first-order chi connectivity index (χ1) is 14.1. The zero-order valence-corrected chi connectivity index (χ0v) is 16.8. The predicted octanol–water partition coefficient (Wildman–Crippen LogP) is 5.60. The van der Waals surface area contributed by atoms with E-state index >= 15 is 0 Å². The number of carbonyl (C=O) groups is 1. The molecule has 7 heteroatoms. The van der Waals surface area contributed by atoms with Gasteiger partial charge in [-0.1, -0.05) is 30.3 Å². The van der Waals surface area contributed by atoms with Crippen molar-refractivity contribution in [3.8, 4) is 10.6 Å². The Hall–Kier alpha value is -2.90. The third-order valence-electron chi connectivity index (χ3n) is 4.30. The fourth-order valence-corrected chi connectivity index (χ4v) is 4.57. The number of benzene rings is 2. The summed E-state index contributed by atoms with van der Waals surface area (Å²) in [4.78, 5) is 18.1. The Labute approximate surface area is 174 Å². The second-order valence-electron chi connectivity index (χ2n) is 6.40. The molecular weight excluding hydrogens is 410 g/mol. The zero-order chi connectivity index (χ0) is 20.2. The van der Waals surface area contributed by atoms with Gasteiger partial charge >= 0.3 is 0 Å². The molecule has 3 nitrogen and oxygen atoms in total. The van der Waals surface area contributed by atoms with Crippen LogP contribution < -0.4 is 5.32 Å². The maximum atomic E-state index is 13.4. The molecule has 1 atom stereocenters. The van der Waals surface area contributed by atoms with Gasteiger partial charge in [-0.15, -0.1) is 22.7 Å². The van der Waals surface area contributed by atoms with Gasteiger partial charge < -0.3 is 5.32 Å². The number of hydrogen-bond donors (Lipinski definition) is 1. The van der Waals surface area contributed by atoms with Crippen LogP contribution in [-0.2, 0) is 11.2 Å². The highest BCUT2D eigenvalue weighted by Crippen LogP contribution is 2.27. The van der Waals surface area contributed by atoms with Gasteiger partial charge in [0.15, 0.2) is 0 Å². The normalized spacial score (nSPS) is 11.9. The lowest BCUT2D eigenvalue weighted by Crippen LogP contribution is -2.30. The molecule has 0 fully saturated rings. The SMILES string of the molecule is O=C(Cc1csc(-c2cccc(F)c2)n1)NC(c1ccc(F)cc1)c1cccs1. The molecular formula is C22H16F2N2OS2. The smallest absolute Gasteiger partial charge is 0.226 e. The summed E-state index contributed by atoms with van der Waals surface area (Å²) in [5.74, 6) is -0.837. The number of hydrogen-bond acceptors (Lipinski definition) is 4. The van der Waals surface area contributed by atoms with E-state index in [0.29, 0.717) is 16.3 Å². The van der Waals surface area contributed by atoms with Gasteiger partial charge in [-0.2, -0.15) is 0 Å². The molecule has 0 saturated heterocycles. The van der Waals surface area contributed by atoms with E-state index in [9.17, 15) is 13.6 Å². The van der Waals surface area contributed by atoms with E-state index in [1.165, 1.54) is 46.9 Å². The van der Waals surface area contributed by atoms with Crippen LogP contribution in [-0.4, -0.2) is 10.9 Å². The number of aromatic nitrogens is 1. The van der Waals surface area contributed by atoms with Gasteiger partial charge in [0, 0.05) is 15.8 Å². The summed E-state index contributed by atoms with van der Waals surface area (Å²) in [6, 6.07) is 15.8. The second-order valence-corrected chi connectivity index (χ2v) is 8.24. The summed E-state index contributed by atoms with van der Waals surface area (Å²) in [6.07, 6.45) is 0.106. The van der Waals surface area contributed by atoms with E-state index < -0.39 is 0 Å². The van der Waals surface area contributed by atoms with Gasteiger partial charge in [0.2, 0.25) is 5.91 Å². The summed E-state index contributed by atoms with van der Waals surface area (Å²) >= 11 is 2.89. The highest BCUT2D eigenvalue weighted by molar-refractivity contribution is 7.13. The standard InChI is InChI=1S/C22H16F2N2OS2/c23-16-8-6-14(7-9-16)21(19-5-2-10-28-19)26-20(27)12-18-13-29-22(25-18)15-3-1-4-17(24)11-15/h1-11,13,21H,12H2,(H,26,27). The second kappa shape index (κ2) is 8.63. The maximum Gasteiger partial charge on any atom is 0.226 e. The number of nitrogens with zero attached hydrogens (tertiary/aromatic N) is 1. The van der Waals surface area contributed by atoms with Gasteiger partial charge in [0.1, 0.15) is 16.6 Å². The molecule has 0 aliphatic heterocycles. The first kappa shape index (κ1) is 19.4. The Balaban J connectivity index is 1.49. The van der Waals surface area contributed by atoms with Crippen molar-refractivity contribution in [3.05, 3.63) is 99.2 Å². The van der Waals surface area contributed by atoms with Crippen molar-refractivity contribution in [1.29, 1.82) is 0 Å². The fraction of sp³-hybridized carbons (Fsp3) is 0.0909. The highest BCUT2D eigenvalue weighted by Gasteiger charge is 2.19. The monoisotopic (exact) mass is 426 g/mol. The number of carbonyl (C=O) groups excluding carboxylic acids is 1. The molecule has 29 heavy (non-hydrogen) atoms. The third kappa shape index (κ3) is 4.75. The van der Waals surface area contributed by atoms with Crippen LogP contribution in [0.4, 0.5) is 8.78 Å². The number of nitrogens with one attached hydrogen (secondary N) is 1. The molecule has 0 radical (unpaired) electrons. The largest absolute Gasteiger partial charge is 0.344 e. The van der Waals surface area contributed by atoms with Crippen molar-refractivity contribution in [2.75, 3.05) is 0 Å². The van der Waals surface area contributed by atoms with Crippen LogP contribution in [0.2, 0.25) is 0 Å². The molecule has 0 spiro atoms. The quantitative estimate of drug-likeness (QED) is 0.436. The number of thiazole rings is 1. The van der Waals surface area contributed by atoms with E-state index in [-0.39, 0.29) is 30.0 Å². The highest BCUT2D eigenvalue weighted by atomic mass is 32.1. The zero-order valence-electron chi connectivity index (χ0n) is 15.1. The van der Waals surface area contributed by atoms with Crippen LogP contribution >= 0.6 is 22.7 Å². The summed E-state index contributed by atoms with van der Waals surface area (Å²) in [5.41, 5.74) is 2.11. The minimum atomic E-state index is -0.357. The minimum Gasteiger partial charge on any atom is -0.344 e. The van der Waals surface area contributed by atoms with Gasteiger partial charge in [0.05, 0.1) is 18.2 Å². The Morgan fingerprint density at radius 3 is 2.55 bits per heavy atom. The average molecular weight is 427 g/mol. The molecule has 1 amide bonds. The van der Waals surface area contributed by atoms with E-state index in [1.807, 2.05) is 17.5 Å². The van der Waals surface area contributed by atoms with Gasteiger partial charge in [-0.25, -0.2) is 13.8 Å². The van der Waals surface area contributed by atoms with Crippen molar-refractivity contribution in [2.24, 2.45) is 0 Å². The number of rotatable bonds is 6. The molecule has 2 aromatic heterocycles. The molecule has 146 valence electrons. The lowest BCUT2D eigenvalue weighted by atomic mass is 10.0. The van der Waals surface area contributed by atoms with Crippen molar-refractivity contribution in [2.45, 2.75) is 12.5 Å². The Kier molecular flexibility index (Phi) is 5.78. The average Bonchev–Trinajstić information content (AvgIpc) is 3.39. The Morgan fingerprint density at radius 2 is 1.83 bits per heavy atom. The maximum absolute atomic E-state index is 13.4. The van der Waals surface area contributed by atoms with Gasteiger partial charge in [0.25, 0.3) is 0 Å². The van der Waals surface area contributed by atoms with Crippen LogP contribution in [0.25, 0.3) is 10.6 Å². The van der Waals surface area contributed by atoms with E-state index in [4.69, 9.17) is 0 Å². The van der Waals surface area contributed by atoms with Crippen molar-refractivity contribution in [1.82, 2.24) is 10.3 Å². The molecule has 2 aromatic carbocycles. The topological polar surface area (TPSA) is 42.0 Å². The summed E-state index contributed by atoms with van der Waals surface area (Å²) in [6.45, 7) is 0. The first-order valence-electron chi connectivity index (χ1n) is 8.87. The summed E-state index contributed by atoms with van der Waals surface area (Å²) < 4.78 is 26.7. The Bertz CT molecular complexity index is 1110. The molecule has 0 saturated carbocycles.